The van der Waals surface area contributed by atoms with Gasteiger partial charge < -0.3 is 19.9 Å². The van der Waals surface area contributed by atoms with E-state index in [1.807, 2.05) is 18.3 Å². The molecule has 11 heteroatoms. The van der Waals surface area contributed by atoms with Gasteiger partial charge in [0, 0.05) is 24.1 Å². The Hall–Kier alpha value is -3.86. The van der Waals surface area contributed by atoms with E-state index in [1.165, 1.54) is 30.7 Å². The van der Waals surface area contributed by atoms with Crippen molar-refractivity contribution >= 4 is 11.9 Å². The van der Waals surface area contributed by atoms with Crippen LogP contribution in [0.15, 0.2) is 54.7 Å². The van der Waals surface area contributed by atoms with Crippen LogP contribution in [0.4, 0.5) is 13.2 Å². The number of carbonyl (C=O) groups is 2. The molecule has 2 aromatic carbocycles. The Balaban J connectivity index is 1.50. The fourth-order valence-corrected chi connectivity index (χ4v) is 4.72. The summed E-state index contributed by atoms with van der Waals surface area (Å²) in [5.74, 6) is -1.26. The van der Waals surface area contributed by atoms with Crippen molar-refractivity contribution in [3.63, 3.8) is 0 Å². The number of benzene rings is 2. The Morgan fingerprint density at radius 3 is 2.36 bits per heavy atom. The maximum atomic E-state index is 12.5. The van der Waals surface area contributed by atoms with E-state index in [0.29, 0.717) is 23.6 Å². The smallest absolute Gasteiger partial charge is 0.467 e. The number of hydrogen-bond donors (Lipinski definition) is 2. The molecule has 1 saturated carbocycles. The minimum Gasteiger partial charge on any atom is -0.467 e. The van der Waals surface area contributed by atoms with E-state index < -0.39 is 24.3 Å². The fraction of sp³-hybridized carbons (Fsp3) is 0.393. The van der Waals surface area contributed by atoms with Crippen LogP contribution in [-0.4, -0.2) is 52.9 Å². The van der Waals surface area contributed by atoms with Crippen molar-refractivity contribution in [3.8, 4) is 11.4 Å². The van der Waals surface area contributed by atoms with Crippen LogP contribution in [0.1, 0.15) is 65.2 Å². The normalized spacial score (nSPS) is 15.0. The molecule has 1 aromatic heterocycles. The topological polar surface area (TPSA) is 103 Å². The zero-order chi connectivity index (χ0) is 28.0. The summed E-state index contributed by atoms with van der Waals surface area (Å²) >= 11 is 0. The first-order valence-corrected chi connectivity index (χ1v) is 12.7. The molecular weight excluding hydrogens is 515 g/mol. The molecule has 1 atom stereocenters. The molecule has 3 aromatic rings. The zero-order valence-corrected chi connectivity index (χ0v) is 21.4. The number of nitrogens with one attached hydrogen (secondary N) is 1. The van der Waals surface area contributed by atoms with E-state index in [1.54, 1.807) is 16.8 Å². The summed E-state index contributed by atoms with van der Waals surface area (Å²) in [6.07, 6.45) is 1.74. The Kier molecular flexibility index (Phi) is 8.90. The number of halogens is 3. The van der Waals surface area contributed by atoms with Crippen LogP contribution in [0.3, 0.4) is 0 Å². The van der Waals surface area contributed by atoms with Crippen LogP contribution in [0.2, 0.25) is 0 Å². The molecule has 8 nitrogen and oxygen atoms in total. The molecule has 0 bridgehead atoms. The molecule has 1 heterocycles. The number of methoxy groups -OCH3 is 1. The minimum absolute atomic E-state index is 0.263. The maximum absolute atomic E-state index is 12.5. The number of carbonyl (C=O) groups excluding carboxylic acids is 2. The summed E-state index contributed by atoms with van der Waals surface area (Å²) in [6, 6.07) is 12.6. The van der Waals surface area contributed by atoms with Crippen molar-refractivity contribution in [2.45, 2.75) is 56.9 Å². The van der Waals surface area contributed by atoms with Crippen LogP contribution < -0.4 is 10.1 Å². The van der Waals surface area contributed by atoms with Crippen LogP contribution >= 0.6 is 0 Å². The van der Waals surface area contributed by atoms with Crippen molar-refractivity contribution in [1.82, 2.24) is 15.1 Å². The predicted molar refractivity (Wildman–Crippen MR) is 136 cm³/mol. The highest BCUT2D eigenvalue weighted by molar-refractivity contribution is 5.94. The third kappa shape index (κ3) is 7.60. The molecule has 1 aliphatic carbocycles. The van der Waals surface area contributed by atoms with Crippen molar-refractivity contribution in [1.29, 1.82) is 0 Å². The number of amides is 1. The highest BCUT2D eigenvalue weighted by Gasteiger charge is 2.31. The Morgan fingerprint density at radius 2 is 1.74 bits per heavy atom. The second kappa shape index (κ2) is 12.3. The van der Waals surface area contributed by atoms with Gasteiger partial charge in [0.25, 0.3) is 5.91 Å². The lowest BCUT2D eigenvalue weighted by Crippen LogP contribution is -2.37. The van der Waals surface area contributed by atoms with Gasteiger partial charge in [-0.1, -0.05) is 31.4 Å². The molecule has 39 heavy (non-hydrogen) atoms. The summed E-state index contributed by atoms with van der Waals surface area (Å²) < 4.78 is 47.7. The summed E-state index contributed by atoms with van der Waals surface area (Å²) in [7, 11) is 1.15. The summed E-state index contributed by atoms with van der Waals surface area (Å²) in [5, 5.41) is 17.0. The van der Waals surface area contributed by atoms with E-state index in [9.17, 15) is 27.9 Å². The molecule has 0 aliphatic heterocycles. The van der Waals surface area contributed by atoms with E-state index in [2.05, 4.69) is 14.8 Å². The molecule has 2 N–H and O–H groups in total. The first-order valence-electron chi connectivity index (χ1n) is 12.7. The molecule has 0 radical (unpaired) electrons. The number of rotatable bonds is 9. The van der Waals surface area contributed by atoms with Crippen LogP contribution in [0, 0.1) is 0 Å². The van der Waals surface area contributed by atoms with Crippen molar-refractivity contribution in [2.24, 2.45) is 0 Å². The van der Waals surface area contributed by atoms with E-state index in [4.69, 9.17) is 5.10 Å². The van der Waals surface area contributed by atoms with Gasteiger partial charge in [-0.25, -0.2) is 9.48 Å². The van der Waals surface area contributed by atoms with Crippen molar-refractivity contribution in [3.05, 3.63) is 77.1 Å². The van der Waals surface area contributed by atoms with Gasteiger partial charge in [-0.2, -0.15) is 5.10 Å². The maximum Gasteiger partial charge on any atom is 0.573 e. The summed E-state index contributed by atoms with van der Waals surface area (Å²) in [4.78, 5) is 23.7. The van der Waals surface area contributed by atoms with Gasteiger partial charge in [0.05, 0.1) is 25.0 Å². The van der Waals surface area contributed by atoms with E-state index >= 15 is 0 Å². The number of aromatic nitrogens is 2. The lowest BCUT2D eigenvalue weighted by molar-refractivity contribution is -0.274. The zero-order valence-electron chi connectivity index (χ0n) is 21.4. The average molecular weight is 546 g/mol. The summed E-state index contributed by atoms with van der Waals surface area (Å²) in [5.41, 5.74) is 3.93. The molecule has 0 spiro atoms. The number of nitrogens with zero attached hydrogens (tertiary/aromatic N) is 2. The second-order valence-electron chi connectivity index (χ2n) is 9.48. The lowest BCUT2D eigenvalue weighted by atomic mass is 9.85. The Labute approximate surface area is 223 Å². The van der Waals surface area contributed by atoms with Crippen LogP contribution in [0.25, 0.3) is 5.69 Å². The third-order valence-corrected chi connectivity index (χ3v) is 6.69. The highest BCUT2D eigenvalue weighted by Crippen LogP contribution is 2.35. The van der Waals surface area contributed by atoms with Crippen LogP contribution in [0.5, 0.6) is 5.75 Å². The quantitative estimate of drug-likeness (QED) is 0.379. The predicted octanol–water partition coefficient (Wildman–Crippen LogP) is 4.67. The monoisotopic (exact) mass is 545 g/mol. The highest BCUT2D eigenvalue weighted by atomic mass is 19.4. The standard InChI is InChI=1S/C28H30F3N3O5/c1-38-27(37)24(35)16-32-26(36)20-9-7-18(8-10-20)15-21-17-34(33-25(21)19-5-3-2-4-6-19)22-11-13-23(14-12-22)39-28(29,30)31/h7-14,17,19,24,35H,2-6,15-16H2,1H3,(H,32,36). The number of aliphatic hydroxyl groups excluding tert-OH is 1. The molecule has 1 fully saturated rings. The Morgan fingerprint density at radius 1 is 1.08 bits per heavy atom. The van der Waals surface area contributed by atoms with Gasteiger partial charge in [0.15, 0.2) is 6.10 Å². The van der Waals surface area contributed by atoms with Gasteiger partial charge in [0.1, 0.15) is 5.75 Å². The molecule has 208 valence electrons. The number of alkyl halides is 3. The number of esters is 1. The van der Waals surface area contributed by atoms with E-state index in [0.717, 1.165) is 49.6 Å². The van der Waals surface area contributed by atoms with Gasteiger partial charge in [0.2, 0.25) is 0 Å². The summed E-state index contributed by atoms with van der Waals surface area (Å²) in [6.45, 7) is -0.263. The Bertz CT molecular complexity index is 1270. The number of hydrogen-bond acceptors (Lipinski definition) is 6. The van der Waals surface area contributed by atoms with Crippen LogP contribution in [-0.2, 0) is 16.0 Å². The van der Waals surface area contributed by atoms with E-state index in [-0.39, 0.29) is 12.3 Å². The molecule has 1 amide bonds. The van der Waals surface area contributed by atoms with Gasteiger partial charge in [-0.3, -0.25) is 4.79 Å². The largest absolute Gasteiger partial charge is 0.573 e. The first kappa shape index (κ1) is 28.2. The first-order chi connectivity index (χ1) is 18.6. The van der Waals surface area contributed by atoms with Gasteiger partial charge >= 0.3 is 12.3 Å². The number of aliphatic hydroxyl groups is 1. The molecular formula is C28H30F3N3O5. The fourth-order valence-electron chi connectivity index (χ4n) is 4.72. The van der Waals surface area contributed by atoms with Crippen molar-refractivity contribution < 1.29 is 37.3 Å². The second-order valence-corrected chi connectivity index (χ2v) is 9.48. The lowest BCUT2D eigenvalue weighted by Gasteiger charge is -2.21. The molecule has 1 aliphatic rings. The SMILES string of the molecule is COC(=O)C(O)CNC(=O)c1ccc(Cc2cn(-c3ccc(OC(F)(F)F)cc3)nc2C2CCCCC2)cc1. The molecule has 4 rings (SSSR count). The minimum atomic E-state index is -4.75. The molecule has 0 saturated heterocycles. The van der Waals surface area contributed by atoms with Gasteiger partial charge in [-0.15, -0.1) is 13.2 Å². The van der Waals surface area contributed by atoms with Crippen molar-refractivity contribution in [2.75, 3.05) is 13.7 Å². The van der Waals surface area contributed by atoms with Gasteiger partial charge in [-0.05, 0) is 60.4 Å². The molecule has 1 unspecified atom stereocenters. The average Bonchev–Trinajstić information content (AvgIpc) is 3.35. The number of ether oxygens (including phenoxy) is 2. The third-order valence-electron chi connectivity index (χ3n) is 6.69.